The van der Waals surface area contributed by atoms with E-state index < -0.39 is 0 Å². The Kier molecular flexibility index (Phi) is 6.12. The Morgan fingerprint density at radius 3 is 2.66 bits per heavy atom. The molecule has 8 heteroatoms. The molecular formula is C24H33N7O. The Hall–Kier alpha value is -2.87. The molecule has 32 heavy (non-hydrogen) atoms. The lowest BCUT2D eigenvalue weighted by molar-refractivity contribution is 0.122. The third kappa shape index (κ3) is 4.50. The zero-order chi connectivity index (χ0) is 21.9. The maximum absolute atomic E-state index is 5.48. The van der Waals surface area contributed by atoms with E-state index in [4.69, 9.17) is 14.7 Å². The standard InChI is InChI=1S/C24H33N7O/c1-3-20-27-21-22(25-17-7-5-4-6-8-17)29-24(30-23(21)28-20)26-19-10-9-18(15-16(19)2)31-11-13-32-14-12-31/h9-10,15,17H,3-8,11-14H2,1-2H3,(H3,25,26,27,28,29,30). The van der Waals surface area contributed by atoms with Crippen molar-refractivity contribution in [3.63, 3.8) is 0 Å². The number of nitrogens with zero attached hydrogens (tertiary/aromatic N) is 4. The van der Waals surface area contributed by atoms with Gasteiger partial charge in [-0.2, -0.15) is 9.97 Å². The molecule has 0 spiro atoms. The quantitative estimate of drug-likeness (QED) is 0.523. The number of benzene rings is 1. The van der Waals surface area contributed by atoms with E-state index in [1.807, 2.05) is 0 Å². The van der Waals surface area contributed by atoms with E-state index in [0.29, 0.717) is 17.6 Å². The molecule has 3 heterocycles. The van der Waals surface area contributed by atoms with Crippen molar-refractivity contribution in [3.8, 4) is 0 Å². The molecule has 8 nitrogen and oxygen atoms in total. The molecule has 2 aromatic heterocycles. The van der Waals surface area contributed by atoms with Crippen molar-refractivity contribution in [2.75, 3.05) is 41.8 Å². The van der Waals surface area contributed by atoms with Crippen molar-refractivity contribution >= 4 is 34.3 Å². The minimum atomic E-state index is 0.456. The van der Waals surface area contributed by atoms with Gasteiger partial charge < -0.3 is 25.3 Å². The van der Waals surface area contributed by atoms with Crippen molar-refractivity contribution < 1.29 is 4.74 Å². The van der Waals surface area contributed by atoms with Crippen LogP contribution in [0.2, 0.25) is 0 Å². The Labute approximate surface area is 189 Å². The molecule has 5 rings (SSSR count). The van der Waals surface area contributed by atoms with Gasteiger partial charge >= 0.3 is 0 Å². The molecule has 1 aliphatic heterocycles. The molecule has 1 aromatic carbocycles. The highest BCUT2D eigenvalue weighted by Gasteiger charge is 2.19. The lowest BCUT2D eigenvalue weighted by Gasteiger charge is -2.29. The highest BCUT2D eigenvalue weighted by atomic mass is 16.5. The number of fused-ring (bicyclic) bond motifs is 1. The van der Waals surface area contributed by atoms with Crippen LogP contribution in [0, 0.1) is 6.92 Å². The van der Waals surface area contributed by atoms with Gasteiger partial charge in [0.2, 0.25) is 5.95 Å². The minimum Gasteiger partial charge on any atom is -0.378 e. The van der Waals surface area contributed by atoms with Crippen LogP contribution in [0.15, 0.2) is 18.2 Å². The summed E-state index contributed by atoms with van der Waals surface area (Å²) in [5.41, 5.74) is 5.01. The maximum Gasteiger partial charge on any atom is 0.231 e. The van der Waals surface area contributed by atoms with Crippen LogP contribution in [0.3, 0.4) is 0 Å². The number of H-pyrrole nitrogens is 1. The number of ether oxygens (including phenoxy) is 1. The van der Waals surface area contributed by atoms with E-state index in [1.54, 1.807) is 0 Å². The van der Waals surface area contributed by atoms with Gasteiger partial charge in [-0.25, -0.2) is 4.98 Å². The first-order valence-electron chi connectivity index (χ1n) is 11.9. The summed E-state index contributed by atoms with van der Waals surface area (Å²) < 4.78 is 5.48. The molecule has 0 bridgehead atoms. The normalized spacial score (nSPS) is 17.6. The van der Waals surface area contributed by atoms with Crippen LogP contribution in [0.25, 0.3) is 11.2 Å². The molecule has 2 fully saturated rings. The zero-order valence-corrected chi connectivity index (χ0v) is 19.1. The van der Waals surface area contributed by atoms with Gasteiger partial charge in [0.15, 0.2) is 11.5 Å². The largest absolute Gasteiger partial charge is 0.378 e. The van der Waals surface area contributed by atoms with Crippen LogP contribution in [-0.2, 0) is 11.2 Å². The monoisotopic (exact) mass is 435 g/mol. The summed E-state index contributed by atoms with van der Waals surface area (Å²) >= 11 is 0. The summed E-state index contributed by atoms with van der Waals surface area (Å²) in [6, 6.07) is 6.95. The summed E-state index contributed by atoms with van der Waals surface area (Å²) in [6.45, 7) is 7.65. The van der Waals surface area contributed by atoms with E-state index in [9.17, 15) is 0 Å². The summed E-state index contributed by atoms with van der Waals surface area (Å²) in [6.07, 6.45) is 7.08. The van der Waals surface area contributed by atoms with Crippen LogP contribution in [0.1, 0.15) is 50.4 Å². The Morgan fingerprint density at radius 2 is 1.91 bits per heavy atom. The third-order valence-corrected chi connectivity index (χ3v) is 6.51. The second kappa shape index (κ2) is 9.32. The minimum absolute atomic E-state index is 0.456. The molecule has 170 valence electrons. The highest BCUT2D eigenvalue weighted by molar-refractivity contribution is 5.85. The van der Waals surface area contributed by atoms with Gasteiger partial charge in [0.05, 0.1) is 13.2 Å². The first-order valence-corrected chi connectivity index (χ1v) is 11.9. The smallest absolute Gasteiger partial charge is 0.231 e. The predicted molar refractivity (Wildman–Crippen MR) is 129 cm³/mol. The Bertz CT molecular complexity index is 1070. The van der Waals surface area contributed by atoms with Crippen LogP contribution in [0.4, 0.5) is 23.1 Å². The Balaban J connectivity index is 1.42. The van der Waals surface area contributed by atoms with Crippen LogP contribution < -0.4 is 15.5 Å². The number of morpholine rings is 1. The summed E-state index contributed by atoms with van der Waals surface area (Å²) in [5.74, 6) is 2.36. The number of rotatable bonds is 6. The van der Waals surface area contributed by atoms with Gasteiger partial charge in [-0.05, 0) is 43.5 Å². The van der Waals surface area contributed by atoms with Crippen molar-refractivity contribution in [1.29, 1.82) is 0 Å². The molecule has 0 amide bonds. The number of hydrogen-bond acceptors (Lipinski definition) is 7. The molecule has 1 saturated heterocycles. The number of aryl methyl sites for hydroxylation is 2. The molecule has 2 aliphatic rings. The van der Waals surface area contributed by atoms with Crippen LogP contribution in [-0.4, -0.2) is 52.3 Å². The zero-order valence-electron chi connectivity index (χ0n) is 19.1. The average Bonchev–Trinajstić information content (AvgIpc) is 3.25. The summed E-state index contributed by atoms with van der Waals surface area (Å²) in [4.78, 5) is 20.0. The Morgan fingerprint density at radius 1 is 1.09 bits per heavy atom. The lowest BCUT2D eigenvalue weighted by Crippen LogP contribution is -2.36. The predicted octanol–water partition coefficient (Wildman–Crippen LogP) is 4.55. The number of nitrogens with one attached hydrogen (secondary N) is 3. The maximum atomic E-state index is 5.48. The van der Waals surface area contributed by atoms with Crippen LogP contribution >= 0.6 is 0 Å². The third-order valence-electron chi connectivity index (χ3n) is 6.51. The summed E-state index contributed by atoms with van der Waals surface area (Å²) in [5, 5.41) is 7.11. The van der Waals surface area contributed by atoms with Gasteiger partial charge in [-0.1, -0.05) is 26.2 Å². The first kappa shape index (κ1) is 21.0. The van der Waals surface area contributed by atoms with E-state index in [1.165, 1.54) is 37.8 Å². The first-order chi connectivity index (χ1) is 15.7. The van der Waals surface area contributed by atoms with Crippen molar-refractivity contribution in [3.05, 3.63) is 29.6 Å². The van der Waals surface area contributed by atoms with E-state index in [2.05, 4.69) is 57.5 Å². The number of imidazole rings is 1. The van der Waals surface area contributed by atoms with Gasteiger partial charge in [0, 0.05) is 36.9 Å². The van der Waals surface area contributed by atoms with Crippen molar-refractivity contribution in [2.24, 2.45) is 0 Å². The molecule has 0 atom stereocenters. The van der Waals surface area contributed by atoms with Gasteiger partial charge in [-0.15, -0.1) is 0 Å². The fourth-order valence-corrected chi connectivity index (χ4v) is 4.64. The van der Waals surface area contributed by atoms with Gasteiger partial charge in [-0.3, -0.25) is 0 Å². The van der Waals surface area contributed by atoms with Crippen LogP contribution in [0.5, 0.6) is 0 Å². The van der Waals surface area contributed by atoms with E-state index >= 15 is 0 Å². The second-order valence-corrected chi connectivity index (χ2v) is 8.83. The molecule has 0 unspecified atom stereocenters. The molecule has 1 saturated carbocycles. The van der Waals surface area contributed by atoms with E-state index in [-0.39, 0.29) is 0 Å². The molecule has 0 radical (unpaired) electrons. The van der Waals surface area contributed by atoms with E-state index in [0.717, 1.165) is 61.1 Å². The molecule has 1 aliphatic carbocycles. The lowest BCUT2D eigenvalue weighted by atomic mass is 9.95. The number of hydrogen-bond donors (Lipinski definition) is 3. The topological polar surface area (TPSA) is 91.0 Å². The summed E-state index contributed by atoms with van der Waals surface area (Å²) in [7, 11) is 0. The van der Waals surface area contributed by atoms with Crippen molar-refractivity contribution in [2.45, 2.75) is 58.4 Å². The number of aromatic nitrogens is 4. The molecule has 3 aromatic rings. The second-order valence-electron chi connectivity index (χ2n) is 8.83. The average molecular weight is 436 g/mol. The molecule has 3 N–H and O–H groups in total. The van der Waals surface area contributed by atoms with Gasteiger partial charge in [0.1, 0.15) is 11.3 Å². The van der Waals surface area contributed by atoms with Crippen molar-refractivity contribution in [1.82, 2.24) is 19.9 Å². The number of anilines is 4. The molecular weight excluding hydrogens is 402 g/mol. The fourth-order valence-electron chi connectivity index (χ4n) is 4.64. The fraction of sp³-hybridized carbons (Fsp3) is 0.542. The number of aromatic amines is 1. The van der Waals surface area contributed by atoms with Gasteiger partial charge in [0.25, 0.3) is 0 Å². The highest BCUT2D eigenvalue weighted by Crippen LogP contribution is 2.29. The SMILES string of the molecule is CCc1nc2nc(Nc3ccc(N4CCOCC4)cc3C)nc(NC3CCCCC3)c2[nH]1.